The molecule has 0 amide bonds. The molecule has 0 atom stereocenters. The normalized spacial score (nSPS) is 12.0. The molecule has 6 heteroatoms. The summed E-state index contributed by atoms with van der Waals surface area (Å²) in [5.41, 5.74) is 4.55. The van der Waals surface area contributed by atoms with Crippen molar-refractivity contribution < 1.29 is 0 Å². The summed E-state index contributed by atoms with van der Waals surface area (Å²) in [6.45, 7) is 0. The first kappa shape index (κ1) is 16.4. The molecule has 6 nitrogen and oxygen atoms in total. The zero-order valence-electron chi connectivity index (χ0n) is 16.3. The lowest BCUT2D eigenvalue weighted by Crippen LogP contribution is -2.19. The van der Waals surface area contributed by atoms with Crippen molar-refractivity contribution in [3.8, 4) is 5.69 Å². The van der Waals surface area contributed by atoms with Gasteiger partial charge >= 0.3 is 0 Å². The van der Waals surface area contributed by atoms with Gasteiger partial charge in [0.15, 0.2) is 11.1 Å². The Morgan fingerprint density at radius 1 is 0.774 bits per heavy atom. The summed E-state index contributed by atoms with van der Waals surface area (Å²) in [4.78, 5) is 15.3. The van der Waals surface area contributed by atoms with E-state index in [9.17, 15) is 0 Å². The van der Waals surface area contributed by atoms with Crippen molar-refractivity contribution in [1.82, 2.24) is 24.5 Å². The van der Waals surface area contributed by atoms with E-state index in [4.69, 9.17) is 5.41 Å². The van der Waals surface area contributed by atoms with Gasteiger partial charge in [0, 0.05) is 27.2 Å². The van der Waals surface area contributed by atoms with Crippen molar-refractivity contribution in [1.29, 1.82) is 5.41 Å². The van der Waals surface area contributed by atoms with E-state index in [0.29, 0.717) is 16.7 Å². The van der Waals surface area contributed by atoms with E-state index in [1.807, 2.05) is 10.6 Å². The molecule has 0 aliphatic carbocycles. The Morgan fingerprint density at radius 2 is 1.55 bits per heavy atom. The molecule has 7 aromatic rings. The van der Waals surface area contributed by atoms with Crippen LogP contribution in [0.25, 0.3) is 60.2 Å². The second-order valence-corrected chi connectivity index (χ2v) is 7.76. The molecule has 0 radical (unpaired) electrons. The summed E-state index contributed by atoms with van der Waals surface area (Å²) in [6.07, 6.45) is 3.25. The largest absolute Gasteiger partial charge is 0.354 e. The summed E-state index contributed by atoms with van der Waals surface area (Å²) >= 11 is 0. The van der Waals surface area contributed by atoms with Gasteiger partial charge in [0.2, 0.25) is 0 Å². The molecule has 0 saturated carbocycles. The fourth-order valence-electron chi connectivity index (χ4n) is 4.75. The first-order valence-corrected chi connectivity index (χ1v) is 10.1. The van der Waals surface area contributed by atoms with E-state index < -0.39 is 0 Å². The van der Waals surface area contributed by atoms with Crippen LogP contribution in [-0.2, 0) is 0 Å². The van der Waals surface area contributed by atoms with Crippen LogP contribution in [0.15, 0.2) is 79.4 Å². The minimum atomic E-state index is 0.327. The van der Waals surface area contributed by atoms with Gasteiger partial charge in [-0.25, -0.2) is 9.97 Å². The third kappa shape index (κ3) is 2.13. The molecule has 0 aliphatic rings. The Balaban J connectivity index is 1.69. The van der Waals surface area contributed by atoms with Gasteiger partial charge in [0.25, 0.3) is 0 Å². The highest BCUT2D eigenvalue weighted by Crippen LogP contribution is 2.38. The lowest BCUT2D eigenvalue weighted by atomic mass is 9.98. The Kier molecular flexibility index (Phi) is 3.06. The monoisotopic (exact) mass is 400 g/mol. The number of nitrogens with one attached hydrogen (secondary N) is 3. The number of fused-ring (bicyclic) bond motifs is 8. The van der Waals surface area contributed by atoms with E-state index in [1.165, 1.54) is 21.5 Å². The Labute approximate surface area is 175 Å². The minimum absolute atomic E-state index is 0.327. The van der Waals surface area contributed by atoms with Gasteiger partial charge < -0.3 is 9.97 Å². The van der Waals surface area contributed by atoms with Crippen molar-refractivity contribution in [2.24, 2.45) is 0 Å². The molecular formula is C25H16N6. The fraction of sp³-hybridized carbons (Fsp3) is 0. The number of aromatic amines is 2. The lowest BCUT2D eigenvalue weighted by molar-refractivity contribution is 0.912. The first-order chi connectivity index (χ1) is 15.3. The van der Waals surface area contributed by atoms with Crippen LogP contribution >= 0.6 is 0 Å². The van der Waals surface area contributed by atoms with E-state index in [2.05, 4.69) is 80.6 Å². The SMILES string of the molecule is N=c1c2[nH]cnc2ncn1-c1cc2[nH]c3ccc4ccccc4c3c2c2ccccc12. The topological polar surface area (TPSA) is 86.1 Å². The van der Waals surface area contributed by atoms with Gasteiger partial charge in [-0.3, -0.25) is 9.98 Å². The average Bonchev–Trinajstić information content (AvgIpc) is 3.44. The van der Waals surface area contributed by atoms with E-state index in [1.54, 1.807) is 12.7 Å². The summed E-state index contributed by atoms with van der Waals surface area (Å²) < 4.78 is 1.81. The molecule has 0 bridgehead atoms. The highest BCUT2D eigenvalue weighted by atomic mass is 15.1. The third-order valence-corrected chi connectivity index (χ3v) is 6.12. The second kappa shape index (κ2) is 5.79. The minimum Gasteiger partial charge on any atom is -0.354 e. The number of hydrogen-bond donors (Lipinski definition) is 3. The highest BCUT2D eigenvalue weighted by molar-refractivity contribution is 6.28. The molecule has 0 fully saturated rings. The van der Waals surface area contributed by atoms with Crippen LogP contribution in [0.3, 0.4) is 0 Å². The second-order valence-electron chi connectivity index (χ2n) is 7.76. The van der Waals surface area contributed by atoms with Gasteiger partial charge in [-0.2, -0.15) is 0 Å². The molecule has 7 rings (SSSR count). The lowest BCUT2D eigenvalue weighted by Gasteiger charge is -2.12. The molecule has 146 valence electrons. The summed E-state index contributed by atoms with van der Waals surface area (Å²) in [6, 6.07) is 23.3. The number of hydrogen-bond acceptors (Lipinski definition) is 3. The molecule has 0 unspecified atom stereocenters. The Hall–Kier alpha value is -4.45. The molecule has 4 aromatic carbocycles. The number of rotatable bonds is 1. The Morgan fingerprint density at radius 3 is 2.45 bits per heavy atom. The zero-order valence-corrected chi connectivity index (χ0v) is 16.3. The highest BCUT2D eigenvalue weighted by Gasteiger charge is 2.16. The van der Waals surface area contributed by atoms with Crippen molar-refractivity contribution in [3.05, 3.63) is 84.9 Å². The number of benzene rings is 4. The van der Waals surface area contributed by atoms with Gasteiger partial charge in [-0.15, -0.1) is 0 Å². The van der Waals surface area contributed by atoms with Crippen LogP contribution in [-0.4, -0.2) is 24.5 Å². The predicted octanol–water partition coefficient (Wildman–Crippen LogP) is 5.17. The van der Waals surface area contributed by atoms with E-state index >= 15 is 0 Å². The summed E-state index contributed by atoms with van der Waals surface area (Å²) in [7, 11) is 0. The van der Waals surface area contributed by atoms with Gasteiger partial charge in [-0.1, -0.05) is 54.6 Å². The molecule has 0 saturated heterocycles. The number of nitrogens with zero attached hydrogens (tertiary/aromatic N) is 3. The quantitative estimate of drug-likeness (QED) is 0.355. The van der Waals surface area contributed by atoms with Crippen molar-refractivity contribution in [2.75, 3.05) is 0 Å². The van der Waals surface area contributed by atoms with Crippen LogP contribution in [0.2, 0.25) is 0 Å². The molecule has 31 heavy (non-hydrogen) atoms. The molecular weight excluding hydrogens is 384 g/mol. The fourth-order valence-corrected chi connectivity index (χ4v) is 4.75. The standard InChI is InChI=1S/C25H16N6/c26-24-23-25(28-12-27-23)29-13-31(24)20-11-19-22(17-8-4-3-7-16(17)20)21-15-6-2-1-5-14(15)9-10-18(21)30-19/h1-13,26,30H,(H,27,28). The van der Waals surface area contributed by atoms with Crippen molar-refractivity contribution in [3.63, 3.8) is 0 Å². The molecule has 0 spiro atoms. The zero-order chi connectivity index (χ0) is 20.5. The van der Waals surface area contributed by atoms with Crippen LogP contribution in [0, 0.1) is 5.41 Å². The van der Waals surface area contributed by atoms with E-state index in [-0.39, 0.29) is 0 Å². The number of imidazole rings is 1. The van der Waals surface area contributed by atoms with Gasteiger partial charge in [0.1, 0.15) is 11.8 Å². The van der Waals surface area contributed by atoms with Crippen molar-refractivity contribution in [2.45, 2.75) is 0 Å². The summed E-state index contributed by atoms with van der Waals surface area (Å²) in [5.74, 6) is 0. The number of H-pyrrole nitrogens is 2. The first-order valence-electron chi connectivity index (χ1n) is 10.1. The van der Waals surface area contributed by atoms with Crippen LogP contribution in [0.4, 0.5) is 0 Å². The predicted molar refractivity (Wildman–Crippen MR) is 123 cm³/mol. The maximum Gasteiger partial charge on any atom is 0.182 e. The van der Waals surface area contributed by atoms with Crippen LogP contribution in [0.5, 0.6) is 0 Å². The maximum absolute atomic E-state index is 8.73. The Bertz CT molecular complexity index is 1870. The maximum atomic E-state index is 8.73. The average molecular weight is 400 g/mol. The number of aromatic nitrogens is 5. The molecule has 3 aromatic heterocycles. The third-order valence-electron chi connectivity index (χ3n) is 6.12. The van der Waals surface area contributed by atoms with E-state index in [0.717, 1.165) is 27.5 Å². The molecule has 0 aliphatic heterocycles. The molecule has 3 N–H and O–H groups in total. The van der Waals surface area contributed by atoms with Gasteiger partial charge in [-0.05, 0) is 28.3 Å². The summed E-state index contributed by atoms with van der Waals surface area (Å²) in [5, 5.41) is 15.8. The van der Waals surface area contributed by atoms with Crippen LogP contribution < -0.4 is 5.49 Å². The van der Waals surface area contributed by atoms with Crippen LogP contribution in [0.1, 0.15) is 0 Å². The smallest absolute Gasteiger partial charge is 0.182 e. The van der Waals surface area contributed by atoms with Crippen molar-refractivity contribution >= 4 is 54.5 Å². The molecule has 3 heterocycles. The van der Waals surface area contributed by atoms with Gasteiger partial charge in [0.05, 0.1) is 12.0 Å².